The summed E-state index contributed by atoms with van der Waals surface area (Å²) in [5.74, 6) is -1.72. The molecule has 37 heavy (non-hydrogen) atoms. The zero-order chi connectivity index (χ0) is 26.8. The summed E-state index contributed by atoms with van der Waals surface area (Å²) in [7, 11) is 1.77. The summed E-state index contributed by atoms with van der Waals surface area (Å²) >= 11 is 1.58. The molecule has 0 saturated carbocycles. The van der Waals surface area contributed by atoms with Gasteiger partial charge in [0.15, 0.2) is 0 Å². The highest BCUT2D eigenvalue weighted by molar-refractivity contribution is 8.02. The maximum atomic E-state index is 14.5. The molecule has 4 heterocycles. The smallest absolute Gasteiger partial charge is 0.247 e. The van der Waals surface area contributed by atoms with Crippen LogP contribution in [0.15, 0.2) is 54.6 Å². The maximum Gasteiger partial charge on any atom is 0.247 e. The first-order valence-electron chi connectivity index (χ1n) is 13.0. The van der Waals surface area contributed by atoms with Crippen molar-refractivity contribution in [1.29, 1.82) is 0 Å². The largest absolute Gasteiger partial charge is 0.394 e. The van der Waals surface area contributed by atoms with Crippen molar-refractivity contribution in [3.05, 3.63) is 60.2 Å². The molecule has 198 valence electrons. The molecular formula is C29H37N3O4S. The number of carbonyl (C=O) groups excluding carboxylic acids is 3. The second-order valence-corrected chi connectivity index (χ2v) is 13.7. The van der Waals surface area contributed by atoms with Crippen LogP contribution in [0, 0.1) is 11.8 Å². The summed E-state index contributed by atoms with van der Waals surface area (Å²) in [5, 5.41) is 10.6. The van der Waals surface area contributed by atoms with Gasteiger partial charge >= 0.3 is 0 Å². The van der Waals surface area contributed by atoms with Crippen molar-refractivity contribution in [3.8, 4) is 0 Å². The molecular weight excluding hydrogens is 486 g/mol. The molecule has 1 N–H and O–H groups in total. The third-order valence-electron chi connectivity index (χ3n) is 8.42. The number of fused-ring (bicyclic) bond motifs is 2. The summed E-state index contributed by atoms with van der Waals surface area (Å²) in [6.45, 7) is 8.67. The van der Waals surface area contributed by atoms with Crippen molar-refractivity contribution in [1.82, 2.24) is 14.7 Å². The van der Waals surface area contributed by atoms with Gasteiger partial charge < -0.3 is 19.8 Å². The predicted molar refractivity (Wildman–Crippen MR) is 145 cm³/mol. The Bertz CT molecular complexity index is 1160. The minimum Gasteiger partial charge on any atom is -0.394 e. The molecule has 2 fully saturated rings. The van der Waals surface area contributed by atoms with Crippen LogP contribution in [0.2, 0.25) is 0 Å². The second-order valence-electron chi connectivity index (χ2n) is 11.9. The van der Waals surface area contributed by atoms with Gasteiger partial charge in [-0.15, -0.1) is 11.8 Å². The molecule has 0 aromatic heterocycles. The molecule has 0 bridgehead atoms. The van der Waals surface area contributed by atoms with E-state index in [0.29, 0.717) is 19.5 Å². The Labute approximate surface area is 223 Å². The fourth-order valence-corrected chi connectivity index (χ4v) is 8.86. The molecule has 1 aromatic rings. The minimum absolute atomic E-state index is 0.0720. The van der Waals surface area contributed by atoms with Crippen LogP contribution in [0.4, 0.5) is 0 Å². The van der Waals surface area contributed by atoms with Crippen LogP contribution in [0.5, 0.6) is 0 Å². The number of nitrogens with zero attached hydrogens (tertiary/aromatic N) is 3. The zero-order valence-electron chi connectivity index (χ0n) is 22.3. The van der Waals surface area contributed by atoms with Gasteiger partial charge in [-0.3, -0.25) is 14.4 Å². The van der Waals surface area contributed by atoms with Gasteiger partial charge in [0.25, 0.3) is 0 Å². The van der Waals surface area contributed by atoms with E-state index in [1.54, 1.807) is 28.6 Å². The summed E-state index contributed by atoms with van der Waals surface area (Å²) in [6, 6.07) is 8.33. The van der Waals surface area contributed by atoms with Crippen molar-refractivity contribution >= 4 is 29.5 Å². The van der Waals surface area contributed by atoms with Gasteiger partial charge in [-0.1, -0.05) is 54.6 Å². The summed E-state index contributed by atoms with van der Waals surface area (Å²) < 4.78 is -1.53. The lowest BCUT2D eigenvalue weighted by Gasteiger charge is -2.42. The second kappa shape index (κ2) is 9.02. The van der Waals surface area contributed by atoms with Gasteiger partial charge in [0.2, 0.25) is 17.7 Å². The van der Waals surface area contributed by atoms with E-state index in [0.717, 1.165) is 5.56 Å². The normalized spacial score (nSPS) is 34.3. The van der Waals surface area contributed by atoms with Crippen molar-refractivity contribution < 1.29 is 19.5 Å². The number of likely N-dealkylation sites (N-methyl/N-ethyl adjacent to an activating group) is 1. The maximum absolute atomic E-state index is 14.5. The van der Waals surface area contributed by atoms with Crippen LogP contribution in [0.1, 0.15) is 33.3 Å². The molecule has 0 radical (unpaired) electrons. The molecule has 5 rings (SSSR count). The quantitative estimate of drug-likeness (QED) is 0.614. The Balaban J connectivity index is 1.67. The number of rotatable bonds is 4. The molecule has 0 aliphatic carbocycles. The van der Waals surface area contributed by atoms with Gasteiger partial charge in [0.1, 0.15) is 6.04 Å². The number of aliphatic hydroxyl groups is 1. The summed E-state index contributed by atoms with van der Waals surface area (Å²) in [4.78, 5) is 47.9. The van der Waals surface area contributed by atoms with E-state index >= 15 is 0 Å². The fourth-order valence-electron chi connectivity index (χ4n) is 6.72. The number of aliphatic hydroxyl groups excluding tert-OH is 1. The molecule has 7 nitrogen and oxygen atoms in total. The average Bonchev–Trinajstić information content (AvgIpc) is 3.12. The molecule has 2 saturated heterocycles. The van der Waals surface area contributed by atoms with Crippen LogP contribution in [-0.2, 0) is 20.8 Å². The Morgan fingerprint density at radius 1 is 1.00 bits per heavy atom. The van der Waals surface area contributed by atoms with Gasteiger partial charge in [-0.2, -0.15) is 0 Å². The predicted octanol–water partition coefficient (Wildman–Crippen LogP) is 2.50. The summed E-state index contributed by atoms with van der Waals surface area (Å²) in [5.41, 5.74) is 0.525. The minimum atomic E-state index is -0.907. The highest BCUT2D eigenvalue weighted by Gasteiger charge is 2.74. The number of hydrogen-bond donors (Lipinski definition) is 1. The molecule has 1 spiro atoms. The first kappa shape index (κ1) is 26.0. The van der Waals surface area contributed by atoms with Crippen molar-refractivity contribution in [2.75, 3.05) is 26.7 Å². The van der Waals surface area contributed by atoms with Crippen LogP contribution in [0.3, 0.4) is 0 Å². The highest BCUT2D eigenvalue weighted by Crippen LogP contribution is 2.65. The molecule has 8 heteroatoms. The lowest BCUT2D eigenvalue weighted by Crippen LogP contribution is -2.60. The number of hydrogen-bond acceptors (Lipinski definition) is 5. The highest BCUT2D eigenvalue weighted by atomic mass is 32.2. The van der Waals surface area contributed by atoms with Crippen molar-refractivity contribution in [3.63, 3.8) is 0 Å². The van der Waals surface area contributed by atoms with E-state index in [1.807, 2.05) is 81.2 Å². The Kier molecular flexibility index (Phi) is 6.35. The first-order valence-corrected chi connectivity index (χ1v) is 13.9. The molecule has 1 unspecified atom stereocenters. The standard InChI is InChI=1S/C29H37N3O4S/c1-27(2,3)31-16-10-14-29-22(21-24(34)30(5)15-9-13-28(21,4)37-29)25(35)32(23(29)26(31)36)20(18-33)17-19-11-7-6-8-12-19/h6-14,20-23,33H,15-18H2,1-5H3/t20-,21+,22+,23?,28-,29+/m1/s1. The third-order valence-corrected chi connectivity index (χ3v) is 10.2. The molecule has 6 atom stereocenters. The molecule has 4 aliphatic heterocycles. The molecule has 1 aromatic carbocycles. The van der Waals surface area contributed by atoms with E-state index < -0.39 is 39.0 Å². The molecule has 3 amide bonds. The number of carbonyl (C=O) groups is 3. The van der Waals surface area contributed by atoms with Gasteiger partial charge in [0, 0.05) is 30.4 Å². The topological polar surface area (TPSA) is 81.2 Å². The average molecular weight is 524 g/mol. The van der Waals surface area contributed by atoms with Gasteiger partial charge in [-0.25, -0.2) is 0 Å². The van der Waals surface area contributed by atoms with E-state index in [1.165, 1.54) is 0 Å². The van der Waals surface area contributed by atoms with E-state index in [2.05, 4.69) is 6.08 Å². The SMILES string of the molecule is CN1CC=C[C@@]2(C)S[C@]34C=CCN(C(C)(C)C)C(=O)C3N([C@@H](CO)Cc3ccccc3)C(=O)[C@@H]4[C@H]2C1=O. The van der Waals surface area contributed by atoms with Crippen LogP contribution >= 0.6 is 11.8 Å². The lowest BCUT2D eigenvalue weighted by molar-refractivity contribution is -0.148. The van der Waals surface area contributed by atoms with Crippen LogP contribution < -0.4 is 0 Å². The first-order chi connectivity index (χ1) is 17.4. The van der Waals surface area contributed by atoms with Crippen molar-refractivity contribution in [2.45, 2.75) is 61.2 Å². The third kappa shape index (κ3) is 3.95. The van der Waals surface area contributed by atoms with E-state index in [4.69, 9.17) is 0 Å². The number of likely N-dealkylation sites (tertiary alicyclic amines) is 1. The number of benzene rings is 1. The Morgan fingerprint density at radius 2 is 1.68 bits per heavy atom. The number of thioether (sulfide) groups is 1. The van der Waals surface area contributed by atoms with E-state index in [9.17, 15) is 19.5 Å². The molecule has 4 aliphatic rings. The zero-order valence-corrected chi connectivity index (χ0v) is 23.1. The lowest BCUT2D eigenvalue weighted by atomic mass is 9.74. The Hall–Kier alpha value is -2.58. The Morgan fingerprint density at radius 3 is 2.32 bits per heavy atom. The van der Waals surface area contributed by atoms with Gasteiger partial charge in [-0.05, 0) is 39.7 Å². The number of amides is 3. The van der Waals surface area contributed by atoms with Gasteiger partial charge in [0.05, 0.1) is 29.2 Å². The van der Waals surface area contributed by atoms with E-state index in [-0.39, 0.29) is 24.3 Å². The fraction of sp³-hybridized carbons (Fsp3) is 0.552. The summed E-state index contributed by atoms with van der Waals surface area (Å²) in [6.07, 6.45) is 8.51. The van der Waals surface area contributed by atoms with Crippen LogP contribution in [0.25, 0.3) is 0 Å². The monoisotopic (exact) mass is 523 g/mol. The van der Waals surface area contributed by atoms with Crippen LogP contribution in [-0.4, -0.2) is 91.4 Å². The van der Waals surface area contributed by atoms with Crippen molar-refractivity contribution in [2.24, 2.45) is 11.8 Å².